The van der Waals surface area contributed by atoms with E-state index in [-0.39, 0.29) is 52.9 Å². The number of hydrogen-bond donors (Lipinski definition) is 2. The van der Waals surface area contributed by atoms with Gasteiger partial charge in [0.25, 0.3) is 0 Å². The summed E-state index contributed by atoms with van der Waals surface area (Å²) in [4.78, 5) is 0. The summed E-state index contributed by atoms with van der Waals surface area (Å²) in [6.07, 6.45) is 0. The molecule has 0 aromatic heterocycles. The molecule has 0 aliphatic rings. The zero-order valence-electron chi connectivity index (χ0n) is 9.41. The third-order valence-corrected chi connectivity index (χ3v) is 2.29. The summed E-state index contributed by atoms with van der Waals surface area (Å²) in [7, 11) is -4.04. The fraction of sp³-hybridized carbons (Fsp3) is 1.00. The molecule has 0 spiro atoms. The Morgan fingerprint density at radius 2 is 1.12 bits per heavy atom. The van der Waals surface area contributed by atoms with Gasteiger partial charge in [-0.3, -0.25) is 0 Å². The average Bonchev–Trinajstić information content (AvgIpc) is 2.28. The Bertz CT molecular complexity index is 232. The average molecular weight is 274 g/mol. The Morgan fingerprint density at radius 3 is 1.47 bits per heavy atom. The molecule has 0 aromatic carbocycles. The predicted octanol–water partition coefficient (Wildman–Crippen LogP) is -1.72. The highest BCUT2D eigenvalue weighted by Crippen LogP contribution is 1.95. The monoisotopic (exact) mass is 274 g/mol. The Morgan fingerprint density at radius 1 is 0.706 bits per heavy atom. The van der Waals surface area contributed by atoms with Crippen LogP contribution in [-0.2, 0) is 28.2 Å². The Kier molecular flexibility index (Phi) is 10.7. The SMILES string of the molecule is O=S(=O)(OCCOCCO)OCCOCCO. The molecule has 0 rings (SSSR count). The van der Waals surface area contributed by atoms with E-state index in [4.69, 9.17) is 19.7 Å². The molecule has 104 valence electrons. The number of aliphatic hydroxyl groups excluding tert-OH is 2. The van der Waals surface area contributed by atoms with Gasteiger partial charge >= 0.3 is 10.4 Å². The molecule has 9 heteroatoms. The quantitative estimate of drug-likeness (QED) is 0.404. The van der Waals surface area contributed by atoms with E-state index in [9.17, 15) is 8.42 Å². The van der Waals surface area contributed by atoms with Gasteiger partial charge in [0.05, 0.1) is 52.9 Å². The maximum atomic E-state index is 11.0. The topological polar surface area (TPSA) is 112 Å². The molecule has 0 unspecified atom stereocenters. The molecular weight excluding hydrogens is 256 g/mol. The molecule has 17 heavy (non-hydrogen) atoms. The van der Waals surface area contributed by atoms with E-state index in [1.165, 1.54) is 0 Å². The molecule has 0 aliphatic heterocycles. The molecule has 0 atom stereocenters. The van der Waals surface area contributed by atoms with Crippen molar-refractivity contribution in [2.24, 2.45) is 0 Å². The summed E-state index contributed by atoms with van der Waals surface area (Å²) < 4.78 is 40.5. The van der Waals surface area contributed by atoms with Gasteiger partial charge < -0.3 is 19.7 Å². The van der Waals surface area contributed by atoms with Crippen molar-refractivity contribution in [2.75, 3.05) is 52.9 Å². The number of rotatable bonds is 12. The minimum atomic E-state index is -4.04. The summed E-state index contributed by atoms with van der Waals surface area (Å²) in [5.74, 6) is 0. The van der Waals surface area contributed by atoms with Gasteiger partial charge in [-0.25, -0.2) is 8.37 Å². The molecule has 0 aromatic rings. The molecule has 0 amide bonds. The first-order chi connectivity index (χ1) is 8.12. The second-order valence-electron chi connectivity index (χ2n) is 2.72. The maximum absolute atomic E-state index is 11.0. The van der Waals surface area contributed by atoms with E-state index < -0.39 is 10.4 Å². The highest BCUT2D eigenvalue weighted by atomic mass is 32.3. The summed E-state index contributed by atoms with van der Waals surface area (Å²) in [5, 5.41) is 16.7. The van der Waals surface area contributed by atoms with Gasteiger partial charge in [-0.2, -0.15) is 8.42 Å². The van der Waals surface area contributed by atoms with Gasteiger partial charge in [0.15, 0.2) is 0 Å². The van der Waals surface area contributed by atoms with E-state index in [0.29, 0.717) is 0 Å². The highest BCUT2D eigenvalue weighted by Gasteiger charge is 2.11. The maximum Gasteiger partial charge on any atom is 0.400 e. The normalized spacial score (nSPS) is 11.9. The van der Waals surface area contributed by atoms with Crippen LogP contribution >= 0.6 is 0 Å². The first kappa shape index (κ1) is 16.7. The van der Waals surface area contributed by atoms with E-state index >= 15 is 0 Å². The molecule has 2 N–H and O–H groups in total. The van der Waals surface area contributed by atoms with Crippen molar-refractivity contribution >= 4 is 10.4 Å². The van der Waals surface area contributed by atoms with E-state index in [2.05, 4.69) is 8.37 Å². The molecule has 0 radical (unpaired) electrons. The molecule has 8 nitrogen and oxygen atoms in total. The Hall–Kier alpha value is -0.290. The zero-order chi connectivity index (χ0) is 13.0. The fourth-order valence-electron chi connectivity index (χ4n) is 0.757. The summed E-state index contributed by atoms with van der Waals surface area (Å²) in [5.41, 5.74) is 0. The van der Waals surface area contributed by atoms with Gasteiger partial charge in [0.2, 0.25) is 0 Å². The summed E-state index contributed by atoms with van der Waals surface area (Å²) in [6, 6.07) is 0. The van der Waals surface area contributed by atoms with Crippen LogP contribution in [-0.4, -0.2) is 71.5 Å². The van der Waals surface area contributed by atoms with Crippen LogP contribution in [0.4, 0.5) is 0 Å². The van der Waals surface area contributed by atoms with Gasteiger partial charge in [-0.1, -0.05) is 0 Å². The lowest BCUT2D eigenvalue weighted by atomic mass is 10.7. The van der Waals surface area contributed by atoms with Crippen molar-refractivity contribution < 1.29 is 36.5 Å². The van der Waals surface area contributed by atoms with Crippen LogP contribution in [0.1, 0.15) is 0 Å². The lowest BCUT2D eigenvalue weighted by Gasteiger charge is -2.06. The van der Waals surface area contributed by atoms with E-state index in [1.807, 2.05) is 0 Å². The molecule has 0 aliphatic carbocycles. The molecule has 0 fully saturated rings. The van der Waals surface area contributed by atoms with Crippen molar-refractivity contribution in [1.82, 2.24) is 0 Å². The van der Waals surface area contributed by atoms with Crippen LogP contribution in [0.5, 0.6) is 0 Å². The lowest BCUT2D eigenvalue weighted by Crippen LogP contribution is -2.17. The highest BCUT2D eigenvalue weighted by molar-refractivity contribution is 7.81. The van der Waals surface area contributed by atoms with Crippen molar-refractivity contribution in [2.45, 2.75) is 0 Å². The van der Waals surface area contributed by atoms with Crippen LogP contribution in [0.15, 0.2) is 0 Å². The third kappa shape index (κ3) is 12.0. The molecule has 0 heterocycles. The molecule has 0 saturated heterocycles. The third-order valence-electron chi connectivity index (χ3n) is 1.38. The molecule has 0 saturated carbocycles. The Balaban J connectivity index is 3.46. The standard InChI is InChI=1S/C8H18O8S/c9-1-3-13-5-7-15-17(11,12)16-8-6-14-4-2-10/h9-10H,1-8H2. The Labute approximate surface area is 100 Å². The zero-order valence-corrected chi connectivity index (χ0v) is 10.2. The fourth-order valence-corrected chi connectivity index (χ4v) is 1.37. The number of aliphatic hydroxyl groups is 2. The largest absolute Gasteiger partial charge is 0.400 e. The minimum absolute atomic E-state index is 0.0458. The van der Waals surface area contributed by atoms with E-state index in [1.54, 1.807) is 0 Å². The van der Waals surface area contributed by atoms with Crippen LogP contribution < -0.4 is 0 Å². The van der Waals surface area contributed by atoms with E-state index in [0.717, 1.165) is 0 Å². The van der Waals surface area contributed by atoms with Gasteiger partial charge in [0.1, 0.15) is 0 Å². The van der Waals surface area contributed by atoms with Crippen molar-refractivity contribution in [3.05, 3.63) is 0 Å². The van der Waals surface area contributed by atoms with Crippen LogP contribution in [0, 0.1) is 0 Å². The summed E-state index contributed by atoms with van der Waals surface area (Å²) >= 11 is 0. The van der Waals surface area contributed by atoms with Crippen LogP contribution in [0.2, 0.25) is 0 Å². The van der Waals surface area contributed by atoms with Crippen LogP contribution in [0.3, 0.4) is 0 Å². The first-order valence-electron chi connectivity index (χ1n) is 5.03. The number of ether oxygens (including phenoxy) is 2. The van der Waals surface area contributed by atoms with Crippen molar-refractivity contribution in [3.63, 3.8) is 0 Å². The van der Waals surface area contributed by atoms with Gasteiger partial charge in [-0.15, -0.1) is 0 Å². The van der Waals surface area contributed by atoms with Crippen molar-refractivity contribution in [3.8, 4) is 0 Å². The second-order valence-corrected chi connectivity index (χ2v) is 4.01. The van der Waals surface area contributed by atoms with Gasteiger partial charge in [-0.05, 0) is 0 Å². The van der Waals surface area contributed by atoms with Gasteiger partial charge in [0, 0.05) is 0 Å². The second kappa shape index (κ2) is 10.8. The first-order valence-corrected chi connectivity index (χ1v) is 6.36. The number of hydrogen-bond acceptors (Lipinski definition) is 8. The minimum Gasteiger partial charge on any atom is -0.394 e. The molecular formula is C8H18O8S. The smallest absolute Gasteiger partial charge is 0.394 e. The molecule has 0 bridgehead atoms. The summed E-state index contributed by atoms with van der Waals surface area (Å²) in [6.45, 7) is -0.288. The van der Waals surface area contributed by atoms with Crippen molar-refractivity contribution in [1.29, 1.82) is 0 Å². The predicted molar refractivity (Wildman–Crippen MR) is 56.6 cm³/mol. The lowest BCUT2D eigenvalue weighted by molar-refractivity contribution is 0.0555. The van der Waals surface area contributed by atoms with Crippen LogP contribution in [0.25, 0.3) is 0 Å².